The minimum absolute atomic E-state index is 0.0712. The maximum atomic E-state index is 12.2. The second-order valence-electron chi connectivity index (χ2n) is 6.67. The van der Waals surface area contributed by atoms with Gasteiger partial charge in [-0.25, -0.2) is 0 Å². The van der Waals surface area contributed by atoms with Crippen molar-refractivity contribution in [1.82, 2.24) is 10.2 Å². The summed E-state index contributed by atoms with van der Waals surface area (Å²) < 4.78 is 5.58. The molecule has 6 heteroatoms. The third-order valence-electron chi connectivity index (χ3n) is 4.60. The fourth-order valence-electron chi connectivity index (χ4n) is 2.84. The number of nitrogens with zero attached hydrogens (tertiary/aromatic N) is 1. The Labute approximate surface area is 173 Å². The first-order valence-electron chi connectivity index (χ1n) is 10.2. The lowest BCUT2D eigenvalue weighted by molar-refractivity contribution is -0.116. The van der Waals surface area contributed by atoms with E-state index in [-0.39, 0.29) is 11.8 Å². The van der Waals surface area contributed by atoms with Gasteiger partial charge < -0.3 is 20.3 Å². The van der Waals surface area contributed by atoms with Gasteiger partial charge in [0.25, 0.3) is 5.91 Å². The summed E-state index contributed by atoms with van der Waals surface area (Å²) in [6, 6.07) is 16.5. The van der Waals surface area contributed by atoms with Crippen molar-refractivity contribution in [3.05, 3.63) is 60.2 Å². The predicted molar refractivity (Wildman–Crippen MR) is 116 cm³/mol. The molecule has 29 heavy (non-hydrogen) atoms. The first kappa shape index (κ1) is 22.4. The van der Waals surface area contributed by atoms with Crippen molar-refractivity contribution in [2.24, 2.45) is 0 Å². The van der Waals surface area contributed by atoms with Gasteiger partial charge >= 0.3 is 0 Å². The van der Waals surface area contributed by atoms with Gasteiger partial charge in [-0.15, -0.1) is 0 Å². The molecule has 0 radical (unpaired) electrons. The minimum Gasteiger partial charge on any atom is -0.494 e. The van der Waals surface area contributed by atoms with Crippen LogP contribution in [-0.2, 0) is 4.79 Å². The van der Waals surface area contributed by atoms with Crippen LogP contribution in [0.3, 0.4) is 0 Å². The van der Waals surface area contributed by atoms with Gasteiger partial charge in [-0.05, 0) is 55.9 Å². The smallest absolute Gasteiger partial charge is 0.251 e. The zero-order chi connectivity index (χ0) is 20.9. The number of para-hydroxylation sites is 1. The van der Waals surface area contributed by atoms with Crippen molar-refractivity contribution >= 4 is 17.5 Å². The van der Waals surface area contributed by atoms with E-state index < -0.39 is 0 Å². The number of benzene rings is 2. The molecule has 0 saturated carbocycles. The Kier molecular flexibility index (Phi) is 9.72. The van der Waals surface area contributed by atoms with E-state index in [1.807, 2.05) is 30.3 Å². The van der Waals surface area contributed by atoms with E-state index in [1.165, 1.54) is 0 Å². The molecule has 156 valence electrons. The van der Waals surface area contributed by atoms with E-state index in [0.29, 0.717) is 37.2 Å². The first-order chi connectivity index (χ1) is 14.1. The van der Waals surface area contributed by atoms with Crippen LogP contribution in [0.4, 0.5) is 5.69 Å². The van der Waals surface area contributed by atoms with E-state index in [4.69, 9.17) is 4.74 Å². The third-order valence-corrected chi connectivity index (χ3v) is 4.60. The highest BCUT2D eigenvalue weighted by Gasteiger charge is 2.07. The molecule has 0 fully saturated rings. The van der Waals surface area contributed by atoms with E-state index in [0.717, 1.165) is 25.4 Å². The molecule has 0 spiro atoms. The van der Waals surface area contributed by atoms with Gasteiger partial charge in [0.1, 0.15) is 5.75 Å². The number of carbonyl (C=O) groups excluding carboxylic acids is 2. The normalized spacial score (nSPS) is 10.6. The standard InChI is InChI=1S/C23H31N3O3/c1-3-26(4-2)17-16-24-23(28)19-12-14-20(15-13-19)25-22(27)11-8-18-29-21-9-6-5-7-10-21/h5-7,9-10,12-15H,3-4,8,11,16-18H2,1-2H3,(H,24,28)(H,25,27). The zero-order valence-corrected chi connectivity index (χ0v) is 17.3. The van der Waals surface area contributed by atoms with Crippen LogP contribution in [0.2, 0.25) is 0 Å². The minimum atomic E-state index is -0.104. The van der Waals surface area contributed by atoms with Gasteiger partial charge in [0.05, 0.1) is 6.61 Å². The second-order valence-corrected chi connectivity index (χ2v) is 6.67. The fourth-order valence-corrected chi connectivity index (χ4v) is 2.84. The Morgan fingerprint density at radius 3 is 2.31 bits per heavy atom. The summed E-state index contributed by atoms with van der Waals surface area (Å²) in [5, 5.41) is 5.77. The molecular formula is C23H31N3O3. The Bertz CT molecular complexity index is 744. The van der Waals surface area contributed by atoms with Gasteiger partial charge in [-0.1, -0.05) is 32.0 Å². The summed E-state index contributed by atoms with van der Waals surface area (Å²) in [7, 11) is 0. The lowest BCUT2D eigenvalue weighted by atomic mass is 10.2. The molecule has 0 aliphatic carbocycles. The van der Waals surface area contributed by atoms with Crippen molar-refractivity contribution in [2.45, 2.75) is 26.7 Å². The molecule has 2 aromatic rings. The van der Waals surface area contributed by atoms with Gasteiger partial charge in [0.2, 0.25) is 5.91 Å². The lowest BCUT2D eigenvalue weighted by Crippen LogP contribution is -2.34. The van der Waals surface area contributed by atoms with Crippen molar-refractivity contribution in [1.29, 1.82) is 0 Å². The number of anilines is 1. The second kappa shape index (κ2) is 12.6. The summed E-state index contributed by atoms with van der Waals surface area (Å²) in [5.41, 5.74) is 1.26. The molecule has 0 aliphatic heterocycles. The number of hydrogen-bond acceptors (Lipinski definition) is 4. The van der Waals surface area contributed by atoms with Crippen LogP contribution < -0.4 is 15.4 Å². The van der Waals surface area contributed by atoms with Crippen molar-refractivity contribution in [3.8, 4) is 5.75 Å². The number of nitrogens with one attached hydrogen (secondary N) is 2. The predicted octanol–water partition coefficient (Wildman–Crippen LogP) is 3.56. The average Bonchev–Trinajstić information content (AvgIpc) is 2.75. The largest absolute Gasteiger partial charge is 0.494 e. The molecular weight excluding hydrogens is 366 g/mol. The van der Waals surface area contributed by atoms with Crippen LogP contribution in [-0.4, -0.2) is 49.5 Å². The molecule has 0 atom stereocenters. The maximum absolute atomic E-state index is 12.2. The zero-order valence-electron chi connectivity index (χ0n) is 17.3. The van der Waals surface area contributed by atoms with Gasteiger partial charge in [0.15, 0.2) is 0 Å². The topological polar surface area (TPSA) is 70.7 Å². The number of hydrogen-bond donors (Lipinski definition) is 2. The van der Waals surface area contributed by atoms with Crippen LogP contribution >= 0.6 is 0 Å². The SMILES string of the molecule is CCN(CC)CCNC(=O)c1ccc(NC(=O)CCCOc2ccccc2)cc1. The number of likely N-dealkylation sites (N-methyl/N-ethyl adjacent to an activating group) is 1. The Balaban J connectivity index is 1.68. The summed E-state index contributed by atoms with van der Waals surface area (Å²) >= 11 is 0. The first-order valence-corrected chi connectivity index (χ1v) is 10.2. The molecule has 0 unspecified atom stereocenters. The Morgan fingerprint density at radius 2 is 1.66 bits per heavy atom. The Morgan fingerprint density at radius 1 is 0.966 bits per heavy atom. The number of carbonyl (C=O) groups is 2. The van der Waals surface area contributed by atoms with Crippen LogP contribution in [0.1, 0.15) is 37.0 Å². The fraction of sp³-hybridized carbons (Fsp3) is 0.391. The third kappa shape index (κ3) is 8.35. The van der Waals surface area contributed by atoms with E-state index in [9.17, 15) is 9.59 Å². The molecule has 2 amide bonds. The van der Waals surface area contributed by atoms with Gasteiger partial charge in [-0.2, -0.15) is 0 Å². The maximum Gasteiger partial charge on any atom is 0.251 e. The van der Waals surface area contributed by atoms with Crippen molar-refractivity contribution in [2.75, 3.05) is 38.1 Å². The van der Waals surface area contributed by atoms with Crippen LogP contribution in [0.5, 0.6) is 5.75 Å². The number of ether oxygens (including phenoxy) is 1. The monoisotopic (exact) mass is 397 g/mol. The number of rotatable bonds is 12. The molecule has 2 N–H and O–H groups in total. The molecule has 0 saturated heterocycles. The van der Waals surface area contributed by atoms with E-state index in [2.05, 4.69) is 29.4 Å². The molecule has 0 heterocycles. The molecule has 2 aromatic carbocycles. The van der Waals surface area contributed by atoms with Gasteiger partial charge in [-0.3, -0.25) is 9.59 Å². The van der Waals surface area contributed by atoms with Gasteiger partial charge in [0, 0.05) is 30.8 Å². The molecule has 6 nitrogen and oxygen atoms in total. The highest BCUT2D eigenvalue weighted by Crippen LogP contribution is 2.11. The summed E-state index contributed by atoms with van der Waals surface area (Å²) in [5.74, 6) is 0.630. The van der Waals surface area contributed by atoms with E-state index in [1.54, 1.807) is 24.3 Å². The quantitative estimate of drug-likeness (QED) is 0.537. The van der Waals surface area contributed by atoms with Crippen LogP contribution in [0.15, 0.2) is 54.6 Å². The molecule has 0 aromatic heterocycles. The average molecular weight is 398 g/mol. The van der Waals surface area contributed by atoms with Crippen molar-refractivity contribution in [3.63, 3.8) is 0 Å². The lowest BCUT2D eigenvalue weighted by Gasteiger charge is -2.18. The Hall–Kier alpha value is -2.86. The molecule has 0 bridgehead atoms. The number of amides is 2. The summed E-state index contributed by atoms with van der Waals surface area (Å²) in [6.07, 6.45) is 1.01. The van der Waals surface area contributed by atoms with E-state index >= 15 is 0 Å². The van der Waals surface area contributed by atoms with Crippen LogP contribution in [0, 0.1) is 0 Å². The highest BCUT2D eigenvalue weighted by molar-refractivity contribution is 5.95. The summed E-state index contributed by atoms with van der Waals surface area (Å²) in [4.78, 5) is 26.5. The molecule has 2 rings (SSSR count). The van der Waals surface area contributed by atoms with Crippen LogP contribution in [0.25, 0.3) is 0 Å². The highest BCUT2D eigenvalue weighted by atomic mass is 16.5. The molecule has 0 aliphatic rings. The summed E-state index contributed by atoms with van der Waals surface area (Å²) in [6.45, 7) is 8.09. The van der Waals surface area contributed by atoms with Crippen molar-refractivity contribution < 1.29 is 14.3 Å².